The summed E-state index contributed by atoms with van der Waals surface area (Å²) in [7, 11) is 0. The fourth-order valence-corrected chi connectivity index (χ4v) is 9.63. The molecule has 3 amide bonds. The van der Waals surface area contributed by atoms with Crippen LogP contribution in [0.2, 0.25) is 20.1 Å². The van der Waals surface area contributed by atoms with Gasteiger partial charge in [-0.05, 0) is 145 Å². The molecule has 7 rings (SSSR count). The van der Waals surface area contributed by atoms with E-state index in [2.05, 4.69) is 15.0 Å². The predicted octanol–water partition coefficient (Wildman–Crippen LogP) is 12.6. The molecule has 0 bridgehead atoms. The minimum absolute atomic E-state index is 0.0502. The van der Waals surface area contributed by atoms with Crippen molar-refractivity contribution in [1.29, 1.82) is 0 Å². The van der Waals surface area contributed by atoms with Gasteiger partial charge in [0.05, 0.1) is 35.2 Å². The van der Waals surface area contributed by atoms with Crippen molar-refractivity contribution in [1.82, 2.24) is 5.32 Å². The molecule has 0 aliphatic carbocycles. The number of esters is 1. The third-order valence-electron chi connectivity index (χ3n) is 11.5. The van der Waals surface area contributed by atoms with E-state index in [4.69, 9.17) is 99.2 Å². The molecule has 0 spiro atoms. The number of amides is 3. The van der Waals surface area contributed by atoms with Gasteiger partial charge in [-0.1, -0.05) is 88.9 Å². The lowest BCUT2D eigenvalue weighted by Crippen LogP contribution is -2.45. The van der Waals surface area contributed by atoms with Gasteiger partial charge in [-0.3, -0.25) is 24.2 Å². The van der Waals surface area contributed by atoms with Crippen molar-refractivity contribution in [2.75, 3.05) is 25.3 Å². The number of hydrogen-bond donors (Lipinski definition) is 2. The van der Waals surface area contributed by atoms with Crippen LogP contribution < -0.4 is 30.7 Å². The highest BCUT2D eigenvalue weighted by molar-refractivity contribution is 7.81. The van der Waals surface area contributed by atoms with Crippen LogP contribution in [-0.4, -0.2) is 62.6 Å². The summed E-state index contributed by atoms with van der Waals surface area (Å²) in [5.41, 5.74) is 7.21. The lowest BCUT2D eigenvalue weighted by atomic mass is 10.00. The van der Waals surface area contributed by atoms with E-state index in [9.17, 15) is 24.0 Å². The first-order chi connectivity index (χ1) is 34.7. The molecule has 0 saturated carbocycles. The van der Waals surface area contributed by atoms with Crippen molar-refractivity contribution in [3.8, 4) is 0 Å². The smallest absolute Gasteiger partial charge is 0.408 e. The normalized spacial score (nSPS) is 15.2. The van der Waals surface area contributed by atoms with Crippen LogP contribution >= 0.6 is 70.8 Å². The van der Waals surface area contributed by atoms with E-state index >= 15 is 0 Å². The van der Waals surface area contributed by atoms with E-state index < -0.39 is 47.0 Å². The van der Waals surface area contributed by atoms with Crippen molar-refractivity contribution in [2.24, 2.45) is 0 Å². The lowest BCUT2D eigenvalue weighted by molar-refractivity contribution is -0.148. The molecule has 2 aliphatic heterocycles. The number of nitrogen functional groups attached to an aromatic ring is 1. The van der Waals surface area contributed by atoms with Gasteiger partial charge in [0.1, 0.15) is 35.1 Å². The lowest BCUT2D eigenvalue weighted by Gasteiger charge is -2.30. The number of thiocarbonyl (C=S) groups is 2. The van der Waals surface area contributed by atoms with Crippen LogP contribution in [0.1, 0.15) is 66.0 Å². The molecule has 21 heteroatoms. The Kier molecular flexibility index (Phi) is 17.4. The number of nitrogens with zero attached hydrogens (tertiary/aromatic N) is 6. The molecule has 74 heavy (non-hydrogen) atoms. The molecule has 1 atom stereocenters. The summed E-state index contributed by atoms with van der Waals surface area (Å²) in [5.74, 6) is -1.74. The van der Waals surface area contributed by atoms with E-state index in [-0.39, 0.29) is 50.7 Å². The number of rotatable bonds is 12. The quantitative estimate of drug-likeness (QED) is 0.0527. The number of ether oxygens (including phenoxy) is 2. The fraction of sp³-hybridized carbons (Fsp3) is 0.264. The van der Waals surface area contributed by atoms with Gasteiger partial charge in [0.25, 0.3) is 11.8 Å². The molecule has 3 N–H and O–H groups in total. The van der Waals surface area contributed by atoms with Crippen LogP contribution in [0.3, 0.4) is 0 Å². The van der Waals surface area contributed by atoms with Gasteiger partial charge in [-0.25, -0.2) is 19.3 Å². The third kappa shape index (κ3) is 12.4. The first-order valence-corrected chi connectivity index (χ1v) is 24.8. The third-order valence-corrected chi connectivity index (χ3v) is 13.5. The maximum Gasteiger partial charge on any atom is 0.408 e. The highest BCUT2D eigenvalue weighted by Gasteiger charge is 2.51. The summed E-state index contributed by atoms with van der Waals surface area (Å²) >= 11 is 36.3. The van der Waals surface area contributed by atoms with Gasteiger partial charge in [0.2, 0.25) is 11.4 Å². The molecule has 0 unspecified atom stereocenters. The number of nitrogens with two attached hydrogens (primary N) is 1. The maximum atomic E-state index is 13.6. The largest absolute Gasteiger partial charge is 0.459 e. The standard InChI is InChI=1S/C35H34Cl2N4O6S.C18H14Cl2N4OS/c1-34(2,3)47-32(45)39-29(30(43)46-20-21-10-8-7-9-11-21)19-25(42)17-22-16-24(12-14-26(22)36)41-33(48)40(31(44)35(41,4)5)23-13-15-28(38-6)27(37)18-23;1-18(2)16(25)23(10-5-7-15(22-3)13(20)8-10)17(26)24(18)11-4-6-12(19)14(21)9-11/h7-16,18,29H,17,19-20H2,1-5H3,(H,39,45);4-9H,21H2,1-2H3/t29-;/m0./s1. The first-order valence-electron chi connectivity index (χ1n) is 22.5. The summed E-state index contributed by atoms with van der Waals surface area (Å²) in [6.45, 7) is 26.3. The Labute approximate surface area is 459 Å². The molecule has 2 aliphatic rings. The summed E-state index contributed by atoms with van der Waals surface area (Å²) in [6, 6.07) is 27.1. The van der Waals surface area contributed by atoms with Crippen LogP contribution in [0.5, 0.6) is 0 Å². The van der Waals surface area contributed by atoms with Crippen LogP contribution in [0.25, 0.3) is 9.69 Å². The topological polar surface area (TPSA) is 164 Å². The number of halogens is 4. The number of Topliss-reactive ketones (excluding diaryl/α,β-unsaturated/α-hetero) is 1. The molecule has 5 aromatic carbocycles. The highest BCUT2D eigenvalue weighted by Crippen LogP contribution is 2.42. The second-order valence-electron chi connectivity index (χ2n) is 18.8. The second kappa shape index (κ2) is 22.7. The van der Waals surface area contributed by atoms with Crippen molar-refractivity contribution in [3.63, 3.8) is 0 Å². The molecule has 15 nitrogen and oxygen atoms in total. The van der Waals surface area contributed by atoms with E-state index in [0.717, 1.165) is 5.56 Å². The number of nitrogens with one attached hydrogen (secondary N) is 1. The SMILES string of the molecule is [C-]#[N+]c1ccc(N2C(=O)C(C)(C)N(c3ccc(Cl)c(CC(=O)C[C@H](NC(=O)OC(C)(C)C)C(=O)OCc4ccccc4)c3)C2=S)cc1Cl.[C-]#[N+]c1ccc(N2C(=O)C(C)(C)N(c3ccc(Cl)c(N)c3)C2=S)cc1Cl. The van der Waals surface area contributed by atoms with Crippen LogP contribution in [-0.2, 0) is 41.7 Å². The number of benzene rings is 5. The average Bonchev–Trinajstić information content (AvgIpc) is 3.62. The molecular formula is C53H48Cl4N8O7S2. The minimum Gasteiger partial charge on any atom is -0.459 e. The van der Waals surface area contributed by atoms with Crippen molar-refractivity contribution < 1.29 is 33.4 Å². The molecule has 382 valence electrons. The van der Waals surface area contributed by atoms with Gasteiger partial charge in [-0.15, -0.1) is 0 Å². The Hall–Kier alpha value is -6.83. The Morgan fingerprint density at radius 2 is 1.16 bits per heavy atom. The second-order valence-corrected chi connectivity index (χ2v) is 21.2. The van der Waals surface area contributed by atoms with Gasteiger partial charge in [0.15, 0.2) is 10.2 Å². The number of carbonyl (C=O) groups excluding carboxylic acids is 5. The average molecular weight is 1110 g/mol. The number of hydrogen-bond acceptors (Lipinski definition) is 10. The summed E-state index contributed by atoms with van der Waals surface area (Å²) < 4.78 is 10.7. The molecule has 0 radical (unpaired) electrons. The number of ketones is 1. The van der Waals surface area contributed by atoms with Crippen LogP contribution in [0, 0.1) is 13.1 Å². The zero-order valence-electron chi connectivity index (χ0n) is 41.0. The monoisotopic (exact) mass is 1110 g/mol. The Morgan fingerprint density at radius 1 is 0.689 bits per heavy atom. The maximum absolute atomic E-state index is 13.6. The van der Waals surface area contributed by atoms with E-state index in [1.807, 2.05) is 6.07 Å². The zero-order chi connectivity index (χ0) is 54.6. The number of carbonyl (C=O) groups is 5. The molecule has 5 aromatic rings. The molecule has 2 saturated heterocycles. The highest BCUT2D eigenvalue weighted by atomic mass is 35.5. The predicted molar refractivity (Wildman–Crippen MR) is 299 cm³/mol. The summed E-state index contributed by atoms with van der Waals surface area (Å²) in [4.78, 5) is 78.7. The molecule has 2 fully saturated rings. The summed E-state index contributed by atoms with van der Waals surface area (Å²) in [6.07, 6.45) is -1.47. The zero-order valence-corrected chi connectivity index (χ0v) is 45.6. The van der Waals surface area contributed by atoms with Crippen molar-refractivity contribution in [3.05, 3.63) is 157 Å². The number of alkyl carbamates (subject to hydrolysis) is 1. The van der Waals surface area contributed by atoms with Gasteiger partial charge in [0, 0.05) is 39.3 Å². The van der Waals surface area contributed by atoms with Gasteiger partial charge >= 0.3 is 12.1 Å². The van der Waals surface area contributed by atoms with Crippen LogP contribution in [0.15, 0.2) is 103 Å². The Morgan fingerprint density at radius 3 is 1.62 bits per heavy atom. The van der Waals surface area contributed by atoms with Gasteiger partial charge < -0.3 is 30.3 Å². The van der Waals surface area contributed by atoms with E-state index in [1.165, 1.54) is 21.9 Å². The molecule has 0 aromatic heterocycles. The Balaban J connectivity index is 0.000000287. The van der Waals surface area contributed by atoms with Gasteiger partial charge in [-0.2, -0.15) is 0 Å². The molecular weight excluding hydrogens is 1070 g/mol. The first kappa shape index (κ1) is 56.5. The molecule has 2 heterocycles. The van der Waals surface area contributed by atoms with E-state index in [1.54, 1.807) is 143 Å². The number of anilines is 5. The Bertz CT molecular complexity index is 3190. The summed E-state index contributed by atoms with van der Waals surface area (Å²) in [5, 5.41) is 4.09. The van der Waals surface area contributed by atoms with Crippen molar-refractivity contribution >= 4 is 151 Å². The minimum atomic E-state index is -1.32. The van der Waals surface area contributed by atoms with Crippen molar-refractivity contribution in [2.45, 2.75) is 90.6 Å². The van der Waals surface area contributed by atoms with Crippen LogP contribution in [0.4, 0.5) is 44.6 Å². The fourth-order valence-electron chi connectivity index (χ4n) is 7.85. The van der Waals surface area contributed by atoms with E-state index in [0.29, 0.717) is 49.8 Å².